The maximum Gasteiger partial charge on any atom is 0.234 e. The Labute approximate surface area is 70.4 Å². The van der Waals surface area contributed by atoms with Crippen LogP contribution in [0.1, 0.15) is 6.92 Å². The molecule has 0 aromatic heterocycles. The zero-order chi connectivity index (χ0) is 9.78. The van der Waals surface area contributed by atoms with Gasteiger partial charge >= 0.3 is 0 Å². The fraction of sp³-hybridized carbons (Fsp3) is 0.500. The van der Waals surface area contributed by atoms with E-state index in [0.29, 0.717) is 0 Å². The second-order valence-electron chi connectivity index (χ2n) is 2.00. The minimum Gasteiger partial charge on any atom is -0.225 e. The number of nitriles is 3. The van der Waals surface area contributed by atoms with E-state index >= 15 is 0 Å². The topological polar surface area (TPSA) is 106 Å². The number of rotatable bonds is 2. The van der Waals surface area contributed by atoms with Gasteiger partial charge in [0.15, 0.2) is 9.84 Å². The molecule has 6 heteroatoms. The molecule has 0 heterocycles. The molecule has 0 aliphatic carbocycles. The first-order chi connectivity index (χ1) is 5.50. The zero-order valence-corrected chi connectivity index (χ0v) is 7.04. The van der Waals surface area contributed by atoms with Crippen LogP contribution in [0.25, 0.3) is 0 Å². The highest BCUT2D eigenvalue weighted by molar-refractivity contribution is 7.93. The summed E-state index contributed by atoms with van der Waals surface area (Å²) in [5.41, 5.74) is 0. The molecule has 12 heavy (non-hydrogen) atoms. The summed E-state index contributed by atoms with van der Waals surface area (Å²) in [6.45, 7) is 1.14. The van der Waals surface area contributed by atoms with Crippen molar-refractivity contribution in [3.8, 4) is 18.2 Å². The molecule has 1 atom stereocenters. The normalized spacial score (nSPS) is 12.6. The average Bonchev–Trinajstić information content (AvgIpc) is 2.04. The summed E-state index contributed by atoms with van der Waals surface area (Å²) in [5, 5.41) is 21.7. The Morgan fingerprint density at radius 1 is 1.08 bits per heavy atom. The largest absolute Gasteiger partial charge is 0.234 e. The number of nitrogens with zero attached hydrogens (tertiary/aromatic N) is 3. The Kier molecular flexibility index (Phi) is 3.22. The van der Waals surface area contributed by atoms with Gasteiger partial charge in [-0.1, -0.05) is 0 Å². The Morgan fingerprint density at radius 3 is 1.75 bits per heavy atom. The first-order valence-electron chi connectivity index (χ1n) is 2.92. The van der Waals surface area contributed by atoms with Crippen LogP contribution < -0.4 is 0 Å². The third-order valence-electron chi connectivity index (χ3n) is 1.24. The van der Waals surface area contributed by atoms with Gasteiger partial charge in [-0.05, 0) is 6.92 Å². The molecule has 0 saturated carbocycles. The zero-order valence-electron chi connectivity index (χ0n) is 6.22. The first-order valence-corrected chi connectivity index (χ1v) is 4.53. The second-order valence-corrected chi connectivity index (χ2v) is 4.36. The third kappa shape index (κ3) is 1.72. The monoisotopic (exact) mass is 183 g/mol. The van der Waals surface area contributed by atoms with Gasteiger partial charge in [0.25, 0.3) is 0 Å². The van der Waals surface area contributed by atoms with Crippen LogP contribution in [0.3, 0.4) is 0 Å². The van der Waals surface area contributed by atoms with E-state index in [2.05, 4.69) is 0 Å². The van der Waals surface area contributed by atoms with Crippen molar-refractivity contribution in [2.24, 2.45) is 0 Å². The van der Waals surface area contributed by atoms with Gasteiger partial charge < -0.3 is 0 Å². The summed E-state index contributed by atoms with van der Waals surface area (Å²) in [5.74, 6) is 0. The Balaban J connectivity index is 5.08. The van der Waals surface area contributed by atoms with Gasteiger partial charge in [-0.2, -0.15) is 15.8 Å². The Morgan fingerprint density at radius 2 is 1.50 bits per heavy atom. The highest BCUT2D eigenvalue weighted by atomic mass is 32.2. The van der Waals surface area contributed by atoms with E-state index in [1.54, 1.807) is 0 Å². The molecular weight excluding hydrogens is 178 g/mol. The second kappa shape index (κ2) is 3.71. The van der Waals surface area contributed by atoms with Gasteiger partial charge in [-0.15, -0.1) is 0 Å². The maximum atomic E-state index is 11.1. The predicted molar refractivity (Wildman–Crippen MR) is 39.0 cm³/mol. The third-order valence-corrected chi connectivity index (χ3v) is 3.20. The van der Waals surface area contributed by atoms with E-state index in [1.807, 2.05) is 0 Å². The lowest BCUT2D eigenvalue weighted by Crippen LogP contribution is -2.26. The quantitative estimate of drug-likeness (QED) is 0.585. The van der Waals surface area contributed by atoms with Crippen molar-refractivity contribution >= 4 is 9.84 Å². The maximum absolute atomic E-state index is 11.1. The lowest BCUT2D eigenvalue weighted by Gasteiger charge is -2.03. The summed E-state index contributed by atoms with van der Waals surface area (Å²) in [4.78, 5) is 0. The standard InChI is InChI=1S/C6H5N3O2S/c1-5(2-7)12(10,11)6(3-8)4-9/h5-6H,1H3. The molecule has 0 rings (SSSR count). The smallest absolute Gasteiger partial charge is 0.225 e. The van der Waals surface area contributed by atoms with E-state index < -0.39 is 20.3 Å². The predicted octanol–water partition coefficient (Wildman–Crippen LogP) is -0.271. The fourth-order valence-corrected chi connectivity index (χ4v) is 1.30. The highest BCUT2D eigenvalue weighted by Gasteiger charge is 2.31. The molecule has 0 amide bonds. The van der Waals surface area contributed by atoms with Crippen molar-refractivity contribution in [2.75, 3.05) is 0 Å². The Bertz CT molecular complexity index is 364. The number of sulfone groups is 1. The van der Waals surface area contributed by atoms with Crippen LogP contribution >= 0.6 is 0 Å². The summed E-state index contributed by atoms with van der Waals surface area (Å²) in [6.07, 6.45) is 0. The molecule has 0 aromatic carbocycles. The molecule has 0 saturated heterocycles. The molecule has 0 N–H and O–H groups in total. The molecule has 0 bridgehead atoms. The summed E-state index contributed by atoms with van der Waals surface area (Å²) >= 11 is 0. The van der Waals surface area contributed by atoms with Crippen LogP contribution in [0.15, 0.2) is 0 Å². The minimum atomic E-state index is -3.93. The van der Waals surface area contributed by atoms with Crippen molar-refractivity contribution in [3.05, 3.63) is 0 Å². The summed E-state index contributed by atoms with van der Waals surface area (Å²) in [6, 6.07) is 4.08. The molecule has 5 nitrogen and oxygen atoms in total. The van der Waals surface area contributed by atoms with E-state index in [-0.39, 0.29) is 0 Å². The molecule has 0 spiro atoms. The summed E-state index contributed by atoms with van der Waals surface area (Å²) in [7, 11) is -3.93. The van der Waals surface area contributed by atoms with E-state index in [9.17, 15) is 8.42 Å². The van der Waals surface area contributed by atoms with Crippen LogP contribution in [0.4, 0.5) is 0 Å². The van der Waals surface area contributed by atoms with Crippen molar-refractivity contribution in [2.45, 2.75) is 17.4 Å². The van der Waals surface area contributed by atoms with Crippen LogP contribution in [0.5, 0.6) is 0 Å². The number of hydrogen-bond acceptors (Lipinski definition) is 5. The first kappa shape index (κ1) is 10.4. The molecule has 0 aliphatic rings. The van der Waals surface area contributed by atoms with Gasteiger partial charge in [0.2, 0.25) is 5.25 Å². The lowest BCUT2D eigenvalue weighted by molar-refractivity contribution is 0.591. The van der Waals surface area contributed by atoms with E-state index in [1.165, 1.54) is 18.2 Å². The Hall–Kier alpha value is -1.58. The van der Waals surface area contributed by atoms with Crippen molar-refractivity contribution < 1.29 is 8.42 Å². The van der Waals surface area contributed by atoms with Gasteiger partial charge in [0, 0.05) is 0 Å². The number of hydrogen-bond donors (Lipinski definition) is 0. The van der Waals surface area contributed by atoms with Crippen molar-refractivity contribution in [1.82, 2.24) is 0 Å². The molecule has 0 aliphatic heterocycles. The van der Waals surface area contributed by atoms with Crippen LogP contribution in [-0.4, -0.2) is 18.9 Å². The van der Waals surface area contributed by atoms with Gasteiger partial charge in [0.05, 0.1) is 18.2 Å². The van der Waals surface area contributed by atoms with E-state index in [4.69, 9.17) is 15.8 Å². The van der Waals surface area contributed by atoms with Gasteiger partial charge in [-0.3, -0.25) is 0 Å². The SMILES string of the molecule is CC(C#N)S(=O)(=O)C(C#N)C#N. The fourth-order valence-electron chi connectivity index (χ4n) is 0.453. The molecule has 62 valence electrons. The van der Waals surface area contributed by atoms with Crippen LogP contribution in [-0.2, 0) is 9.84 Å². The van der Waals surface area contributed by atoms with Gasteiger partial charge in [-0.25, -0.2) is 8.42 Å². The lowest BCUT2D eigenvalue weighted by atomic mass is 10.5. The van der Waals surface area contributed by atoms with Crippen LogP contribution in [0, 0.1) is 34.0 Å². The van der Waals surface area contributed by atoms with Gasteiger partial charge in [0.1, 0.15) is 5.25 Å². The van der Waals surface area contributed by atoms with Crippen LogP contribution in [0.2, 0.25) is 0 Å². The van der Waals surface area contributed by atoms with Crippen molar-refractivity contribution in [1.29, 1.82) is 15.8 Å². The van der Waals surface area contributed by atoms with E-state index in [0.717, 1.165) is 6.92 Å². The highest BCUT2D eigenvalue weighted by Crippen LogP contribution is 2.07. The molecule has 0 aromatic rings. The molecule has 0 fully saturated rings. The minimum absolute atomic E-state index is 1.14. The molecule has 1 unspecified atom stereocenters. The molecular formula is C6H5N3O2S. The average molecular weight is 183 g/mol. The summed E-state index contributed by atoms with van der Waals surface area (Å²) < 4.78 is 22.1. The molecule has 0 radical (unpaired) electrons. The van der Waals surface area contributed by atoms with Crippen molar-refractivity contribution in [3.63, 3.8) is 0 Å².